The molecule has 0 spiro atoms. The number of para-hydroxylation sites is 1. The van der Waals surface area contributed by atoms with E-state index >= 15 is 0 Å². The Balaban J connectivity index is 1.66. The minimum absolute atomic E-state index is 0.102. The number of nitro groups is 1. The summed E-state index contributed by atoms with van der Waals surface area (Å²) < 4.78 is 5.36. The molecule has 0 saturated carbocycles. The number of esters is 1. The topological polar surface area (TPSA) is 98.5 Å². The second kappa shape index (κ2) is 8.45. The van der Waals surface area contributed by atoms with Crippen LogP contribution in [-0.4, -0.2) is 16.8 Å². The maximum Gasteiger partial charge on any atom is 0.338 e. The maximum absolute atomic E-state index is 12.4. The fourth-order valence-electron chi connectivity index (χ4n) is 2.58. The Morgan fingerprint density at radius 3 is 2.43 bits per heavy atom. The molecule has 1 atom stereocenters. The van der Waals surface area contributed by atoms with Gasteiger partial charge in [-0.05, 0) is 48.7 Å². The second-order valence-corrected chi connectivity index (χ2v) is 6.82. The molecule has 3 rings (SSSR count). The van der Waals surface area contributed by atoms with Crippen molar-refractivity contribution in [2.24, 2.45) is 0 Å². The molecule has 0 aliphatic rings. The van der Waals surface area contributed by atoms with Gasteiger partial charge in [-0.25, -0.2) is 4.79 Å². The lowest BCUT2D eigenvalue weighted by atomic mass is 10.1. The van der Waals surface area contributed by atoms with Gasteiger partial charge in [-0.15, -0.1) is 11.3 Å². The molecule has 7 nitrogen and oxygen atoms in total. The van der Waals surface area contributed by atoms with Crippen LogP contribution in [0.1, 0.15) is 38.6 Å². The van der Waals surface area contributed by atoms with E-state index in [2.05, 4.69) is 5.32 Å². The standard InChI is InChI=1S/C20H16N2O5S/c1-13(16-5-2-3-6-17(16)22(25)26)27-20(24)14-8-10-15(11-9-14)21-19(23)18-7-4-12-28-18/h2-13H,1H3,(H,21,23). The Kier molecular flexibility index (Phi) is 5.81. The predicted molar refractivity (Wildman–Crippen MR) is 106 cm³/mol. The second-order valence-electron chi connectivity index (χ2n) is 5.87. The van der Waals surface area contributed by atoms with Gasteiger partial charge in [0.25, 0.3) is 11.6 Å². The van der Waals surface area contributed by atoms with Crippen LogP contribution in [0, 0.1) is 10.1 Å². The first-order chi connectivity index (χ1) is 13.5. The van der Waals surface area contributed by atoms with E-state index in [1.54, 1.807) is 49.4 Å². The van der Waals surface area contributed by atoms with Gasteiger partial charge in [0.2, 0.25) is 0 Å². The van der Waals surface area contributed by atoms with E-state index in [4.69, 9.17) is 4.74 Å². The zero-order chi connectivity index (χ0) is 20.1. The molecule has 1 aromatic heterocycles. The minimum atomic E-state index is -0.785. The first kappa shape index (κ1) is 19.2. The van der Waals surface area contributed by atoms with Crippen molar-refractivity contribution in [2.45, 2.75) is 13.0 Å². The van der Waals surface area contributed by atoms with Crippen molar-refractivity contribution in [3.8, 4) is 0 Å². The van der Waals surface area contributed by atoms with Gasteiger partial charge in [-0.1, -0.05) is 18.2 Å². The van der Waals surface area contributed by atoms with Crippen LogP contribution in [0.3, 0.4) is 0 Å². The lowest BCUT2D eigenvalue weighted by Gasteiger charge is -2.14. The molecule has 0 aliphatic carbocycles. The van der Waals surface area contributed by atoms with E-state index in [1.165, 1.54) is 29.5 Å². The molecule has 0 aliphatic heterocycles. The molecule has 142 valence electrons. The summed E-state index contributed by atoms with van der Waals surface area (Å²) in [6.45, 7) is 1.58. The fraction of sp³-hybridized carbons (Fsp3) is 0.100. The van der Waals surface area contributed by atoms with E-state index in [0.717, 1.165) is 0 Å². The molecule has 3 aromatic rings. The van der Waals surface area contributed by atoms with Crippen LogP contribution in [0.15, 0.2) is 66.0 Å². The third kappa shape index (κ3) is 4.41. The number of ether oxygens (including phenoxy) is 1. The van der Waals surface area contributed by atoms with Gasteiger partial charge in [0, 0.05) is 11.8 Å². The van der Waals surface area contributed by atoms with Crippen LogP contribution in [0.2, 0.25) is 0 Å². The van der Waals surface area contributed by atoms with Crippen molar-refractivity contribution in [1.82, 2.24) is 0 Å². The summed E-state index contributed by atoms with van der Waals surface area (Å²) in [5.74, 6) is -0.836. The Hall–Kier alpha value is -3.52. The zero-order valence-corrected chi connectivity index (χ0v) is 15.6. The highest BCUT2D eigenvalue weighted by molar-refractivity contribution is 7.12. The molecule has 1 unspecified atom stereocenters. The molecular weight excluding hydrogens is 380 g/mol. The van der Waals surface area contributed by atoms with Crippen LogP contribution >= 0.6 is 11.3 Å². The lowest BCUT2D eigenvalue weighted by molar-refractivity contribution is -0.386. The number of nitrogens with one attached hydrogen (secondary N) is 1. The number of nitro benzene ring substituents is 1. The Labute approximate surface area is 164 Å². The van der Waals surface area contributed by atoms with E-state index < -0.39 is 17.0 Å². The number of amides is 1. The highest BCUT2D eigenvalue weighted by Crippen LogP contribution is 2.27. The number of nitrogens with zero attached hydrogens (tertiary/aromatic N) is 1. The monoisotopic (exact) mass is 396 g/mol. The average Bonchev–Trinajstić information content (AvgIpc) is 3.23. The highest BCUT2D eigenvalue weighted by Gasteiger charge is 2.21. The number of rotatable bonds is 6. The number of hydrogen-bond donors (Lipinski definition) is 1. The number of carbonyl (C=O) groups excluding carboxylic acids is 2. The van der Waals surface area contributed by atoms with Crippen molar-refractivity contribution in [2.75, 3.05) is 5.32 Å². The maximum atomic E-state index is 12.4. The van der Waals surface area contributed by atoms with Gasteiger partial charge in [-0.2, -0.15) is 0 Å². The van der Waals surface area contributed by atoms with Crippen LogP contribution < -0.4 is 5.32 Å². The zero-order valence-electron chi connectivity index (χ0n) is 14.8. The number of hydrogen-bond acceptors (Lipinski definition) is 6. The Bertz CT molecular complexity index is 1000. The van der Waals surface area contributed by atoms with Crippen LogP contribution in [0.4, 0.5) is 11.4 Å². The molecule has 1 N–H and O–H groups in total. The van der Waals surface area contributed by atoms with E-state index in [0.29, 0.717) is 16.1 Å². The van der Waals surface area contributed by atoms with Crippen molar-refractivity contribution >= 4 is 34.6 Å². The number of anilines is 1. The normalized spacial score (nSPS) is 11.5. The fourth-order valence-corrected chi connectivity index (χ4v) is 3.20. The van der Waals surface area contributed by atoms with Crippen LogP contribution in [-0.2, 0) is 4.74 Å². The smallest absolute Gasteiger partial charge is 0.338 e. The molecule has 0 bridgehead atoms. The Morgan fingerprint density at radius 2 is 1.79 bits per heavy atom. The minimum Gasteiger partial charge on any atom is -0.454 e. The quantitative estimate of drug-likeness (QED) is 0.366. The van der Waals surface area contributed by atoms with E-state index in [-0.39, 0.29) is 17.2 Å². The molecule has 1 heterocycles. The molecule has 2 aromatic carbocycles. The number of benzene rings is 2. The van der Waals surface area contributed by atoms with E-state index in [1.807, 2.05) is 5.38 Å². The first-order valence-corrected chi connectivity index (χ1v) is 9.23. The summed E-state index contributed by atoms with van der Waals surface area (Å²) in [6.07, 6.45) is -0.785. The summed E-state index contributed by atoms with van der Waals surface area (Å²) in [7, 11) is 0. The van der Waals surface area contributed by atoms with Crippen LogP contribution in [0.5, 0.6) is 0 Å². The van der Waals surface area contributed by atoms with Gasteiger partial charge < -0.3 is 10.1 Å². The summed E-state index contributed by atoms with van der Waals surface area (Å²) in [4.78, 5) is 35.6. The molecular formula is C20H16N2O5S. The predicted octanol–water partition coefficient (Wildman–Crippen LogP) is 4.83. The summed E-state index contributed by atoms with van der Waals surface area (Å²) >= 11 is 1.33. The largest absolute Gasteiger partial charge is 0.454 e. The highest BCUT2D eigenvalue weighted by atomic mass is 32.1. The van der Waals surface area contributed by atoms with Gasteiger partial charge in [-0.3, -0.25) is 14.9 Å². The molecule has 28 heavy (non-hydrogen) atoms. The van der Waals surface area contributed by atoms with Crippen molar-refractivity contribution in [3.05, 3.63) is 92.2 Å². The average molecular weight is 396 g/mol. The molecule has 0 radical (unpaired) electrons. The van der Waals surface area contributed by atoms with Gasteiger partial charge >= 0.3 is 5.97 Å². The molecule has 0 fully saturated rings. The summed E-state index contributed by atoms with van der Waals surface area (Å²) in [6, 6.07) is 15.9. The number of carbonyl (C=O) groups is 2. The van der Waals surface area contributed by atoms with E-state index in [9.17, 15) is 19.7 Å². The molecule has 8 heteroatoms. The third-order valence-electron chi connectivity index (χ3n) is 3.98. The first-order valence-electron chi connectivity index (χ1n) is 8.35. The van der Waals surface area contributed by atoms with Crippen LogP contribution in [0.25, 0.3) is 0 Å². The molecule has 0 saturated heterocycles. The number of thiophene rings is 1. The SMILES string of the molecule is CC(OC(=O)c1ccc(NC(=O)c2cccs2)cc1)c1ccccc1[N+](=O)[O-]. The lowest BCUT2D eigenvalue weighted by Crippen LogP contribution is -2.12. The Morgan fingerprint density at radius 1 is 1.07 bits per heavy atom. The van der Waals surface area contributed by atoms with Gasteiger partial charge in [0.05, 0.1) is 20.9 Å². The van der Waals surface area contributed by atoms with Gasteiger partial charge in [0.15, 0.2) is 0 Å². The third-order valence-corrected chi connectivity index (χ3v) is 4.85. The van der Waals surface area contributed by atoms with Gasteiger partial charge in [0.1, 0.15) is 6.10 Å². The van der Waals surface area contributed by atoms with Crippen molar-refractivity contribution < 1.29 is 19.2 Å². The summed E-state index contributed by atoms with van der Waals surface area (Å²) in [5, 5.41) is 15.7. The summed E-state index contributed by atoms with van der Waals surface area (Å²) in [5.41, 5.74) is 1.04. The van der Waals surface area contributed by atoms with Crippen molar-refractivity contribution in [1.29, 1.82) is 0 Å². The molecule has 1 amide bonds. The van der Waals surface area contributed by atoms with Crippen molar-refractivity contribution in [3.63, 3.8) is 0 Å².